The average molecular weight is 308 g/mol. The number of hydrogen-bond acceptors (Lipinski definition) is 3. The Balaban J connectivity index is 1.87. The molecule has 0 spiro atoms. The van der Waals surface area contributed by atoms with Crippen LogP contribution in [0, 0.1) is 0 Å². The minimum absolute atomic E-state index is 0.0495. The SMILES string of the molecule is CC1CCc2ccccc2N1S(=O)(=O)CC1CCCCN1. The second-order valence-corrected chi connectivity index (χ2v) is 8.13. The average Bonchev–Trinajstić information content (AvgIpc) is 2.47. The number of nitrogens with zero attached hydrogens (tertiary/aromatic N) is 1. The van der Waals surface area contributed by atoms with E-state index in [0.29, 0.717) is 0 Å². The van der Waals surface area contributed by atoms with Crippen molar-refractivity contribution in [3.63, 3.8) is 0 Å². The number of anilines is 1. The smallest absolute Gasteiger partial charge is 0.236 e. The zero-order valence-electron chi connectivity index (χ0n) is 12.6. The van der Waals surface area contributed by atoms with Crippen molar-refractivity contribution in [3.05, 3.63) is 29.8 Å². The van der Waals surface area contributed by atoms with Crippen LogP contribution < -0.4 is 9.62 Å². The number of sulfonamides is 1. The molecular formula is C16H24N2O2S. The maximum absolute atomic E-state index is 12.9. The molecule has 21 heavy (non-hydrogen) atoms. The van der Waals surface area contributed by atoms with Gasteiger partial charge in [0.1, 0.15) is 0 Å². The van der Waals surface area contributed by atoms with Gasteiger partial charge in [0.25, 0.3) is 0 Å². The Morgan fingerprint density at radius 2 is 2.05 bits per heavy atom. The van der Waals surface area contributed by atoms with Gasteiger partial charge in [-0.2, -0.15) is 0 Å². The fourth-order valence-corrected chi connectivity index (χ4v) is 5.57. The monoisotopic (exact) mass is 308 g/mol. The van der Waals surface area contributed by atoms with E-state index in [4.69, 9.17) is 0 Å². The summed E-state index contributed by atoms with van der Waals surface area (Å²) in [7, 11) is -3.27. The molecule has 1 fully saturated rings. The van der Waals surface area contributed by atoms with E-state index in [2.05, 4.69) is 5.32 Å². The van der Waals surface area contributed by atoms with E-state index in [1.54, 1.807) is 4.31 Å². The molecule has 1 N–H and O–H groups in total. The number of nitrogens with one attached hydrogen (secondary N) is 1. The molecule has 3 rings (SSSR count). The Morgan fingerprint density at radius 3 is 2.81 bits per heavy atom. The quantitative estimate of drug-likeness (QED) is 0.932. The molecule has 0 amide bonds. The molecule has 1 saturated heterocycles. The minimum Gasteiger partial charge on any atom is -0.313 e. The van der Waals surface area contributed by atoms with E-state index in [1.807, 2.05) is 31.2 Å². The highest BCUT2D eigenvalue weighted by atomic mass is 32.2. The maximum Gasteiger partial charge on any atom is 0.236 e. The normalized spacial score (nSPS) is 26.4. The second kappa shape index (κ2) is 5.97. The van der Waals surface area contributed by atoms with E-state index >= 15 is 0 Å². The highest BCUT2D eigenvalue weighted by Crippen LogP contribution is 2.33. The fraction of sp³-hybridized carbons (Fsp3) is 0.625. The lowest BCUT2D eigenvalue weighted by Gasteiger charge is -2.37. The summed E-state index contributed by atoms with van der Waals surface area (Å²) in [6.45, 7) is 2.95. The summed E-state index contributed by atoms with van der Waals surface area (Å²) < 4.78 is 27.5. The molecule has 2 aliphatic heterocycles. The molecule has 2 unspecified atom stereocenters. The van der Waals surface area contributed by atoms with Gasteiger partial charge in [0, 0.05) is 12.1 Å². The fourth-order valence-electron chi connectivity index (χ4n) is 3.48. The third kappa shape index (κ3) is 3.09. The van der Waals surface area contributed by atoms with Gasteiger partial charge in [-0.05, 0) is 50.8 Å². The van der Waals surface area contributed by atoms with E-state index < -0.39 is 10.0 Å². The van der Waals surface area contributed by atoms with Crippen molar-refractivity contribution < 1.29 is 8.42 Å². The molecule has 2 aliphatic rings. The van der Waals surface area contributed by atoms with E-state index in [9.17, 15) is 8.42 Å². The Morgan fingerprint density at radius 1 is 1.24 bits per heavy atom. The summed E-state index contributed by atoms with van der Waals surface area (Å²) in [5.74, 6) is 0.214. The first-order chi connectivity index (χ1) is 10.1. The number of fused-ring (bicyclic) bond motifs is 1. The lowest BCUT2D eigenvalue weighted by molar-refractivity contribution is 0.422. The van der Waals surface area contributed by atoms with Crippen LogP contribution in [0.1, 0.15) is 38.2 Å². The zero-order chi connectivity index (χ0) is 14.9. The molecule has 0 bridgehead atoms. The predicted molar refractivity (Wildman–Crippen MR) is 86.1 cm³/mol. The first-order valence-electron chi connectivity index (χ1n) is 7.91. The van der Waals surface area contributed by atoms with Crippen LogP contribution in [-0.2, 0) is 16.4 Å². The molecule has 1 aromatic carbocycles. The van der Waals surface area contributed by atoms with Crippen LogP contribution in [0.5, 0.6) is 0 Å². The van der Waals surface area contributed by atoms with E-state index in [1.165, 1.54) is 0 Å². The van der Waals surface area contributed by atoms with Gasteiger partial charge in [-0.25, -0.2) is 8.42 Å². The van der Waals surface area contributed by atoms with Crippen LogP contribution in [0.15, 0.2) is 24.3 Å². The largest absolute Gasteiger partial charge is 0.313 e. The van der Waals surface area contributed by atoms with Crippen molar-refractivity contribution in [3.8, 4) is 0 Å². The van der Waals surface area contributed by atoms with Gasteiger partial charge >= 0.3 is 0 Å². The predicted octanol–water partition coefficient (Wildman–Crippen LogP) is 2.30. The number of benzene rings is 1. The maximum atomic E-state index is 12.9. The van der Waals surface area contributed by atoms with Crippen LogP contribution in [0.2, 0.25) is 0 Å². The van der Waals surface area contributed by atoms with Crippen molar-refractivity contribution in [2.24, 2.45) is 0 Å². The lowest BCUT2D eigenvalue weighted by atomic mass is 9.99. The molecule has 2 heterocycles. The minimum atomic E-state index is -3.27. The highest BCUT2D eigenvalue weighted by Gasteiger charge is 2.34. The van der Waals surface area contributed by atoms with Gasteiger partial charge in [0.15, 0.2) is 0 Å². The second-order valence-electron chi connectivity index (χ2n) is 6.24. The summed E-state index contributed by atoms with van der Waals surface area (Å²) in [6, 6.07) is 8.05. The molecule has 5 heteroatoms. The van der Waals surface area contributed by atoms with Gasteiger partial charge in [-0.3, -0.25) is 4.31 Å². The third-order valence-corrected chi connectivity index (χ3v) is 6.56. The summed E-state index contributed by atoms with van der Waals surface area (Å²) in [5, 5.41) is 3.35. The van der Waals surface area contributed by atoms with Crippen LogP contribution >= 0.6 is 0 Å². The van der Waals surface area contributed by atoms with Crippen LogP contribution in [0.4, 0.5) is 5.69 Å². The van der Waals surface area contributed by atoms with Crippen LogP contribution in [0.3, 0.4) is 0 Å². The molecule has 2 atom stereocenters. The van der Waals surface area contributed by atoms with Gasteiger partial charge in [-0.1, -0.05) is 24.6 Å². The van der Waals surface area contributed by atoms with Gasteiger partial charge in [-0.15, -0.1) is 0 Å². The molecule has 0 radical (unpaired) electrons. The summed E-state index contributed by atoms with van der Waals surface area (Å²) in [5.41, 5.74) is 2.03. The van der Waals surface area contributed by atoms with Crippen molar-refractivity contribution >= 4 is 15.7 Å². The van der Waals surface area contributed by atoms with Crippen LogP contribution in [0.25, 0.3) is 0 Å². The lowest BCUT2D eigenvalue weighted by Crippen LogP contribution is -2.48. The Labute approximate surface area is 127 Å². The first kappa shape index (κ1) is 14.9. The van der Waals surface area contributed by atoms with E-state index in [0.717, 1.165) is 49.9 Å². The van der Waals surface area contributed by atoms with E-state index in [-0.39, 0.29) is 17.8 Å². The van der Waals surface area contributed by atoms with Gasteiger partial charge < -0.3 is 5.32 Å². The highest BCUT2D eigenvalue weighted by molar-refractivity contribution is 7.92. The molecule has 0 aliphatic carbocycles. The van der Waals surface area contributed by atoms with Crippen molar-refractivity contribution in [2.75, 3.05) is 16.6 Å². The molecule has 1 aromatic rings. The Hall–Kier alpha value is -1.07. The summed E-state index contributed by atoms with van der Waals surface area (Å²) in [6.07, 6.45) is 5.10. The Bertz CT molecular complexity index is 594. The molecule has 0 aromatic heterocycles. The number of rotatable bonds is 3. The Kier molecular flexibility index (Phi) is 4.22. The number of piperidine rings is 1. The molecular weight excluding hydrogens is 284 g/mol. The summed E-state index contributed by atoms with van der Waals surface area (Å²) in [4.78, 5) is 0. The van der Waals surface area contributed by atoms with Gasteiger partial charge in [0.2, 0.25) is 10.0 Å². The molecule has 4 nitrogen and oxygen atoms in total. The van der Waals surface area contributed by atoms with Crippen molar-refractivity contribution in [1.29, 1.82) is 0 Å². The first-order valence-corrected chi connectivity index (χ1v) is 9.52. The van der Waals surface area contributed by atoms with Crippen molar-refractivity contribution in [1.82, 2.24) is 5.32 Å². The van der Waals surface area contributed by atoms with Crippen LogP contribution in [-0.4, -0.2) is 32.8 Å². The zero-order valence-corrected chi connectivity index (χ0v) is 13.4. The van der Waals surface area contributed by atoms with Gasteiger partial charge in [0.05, 0.1) is 11.4 Å². The van der Waals surface area contributed by atoms with Crippen molar-refractivity contribution in [2.45, 2.75) is 51.1 Å². The molecule has 116 valence electrons. The number of aryl methyl sites for hydroxylation is 1. The number of para-hydroxylation sites is 1. The number of hydrogen-bond donors (Lipinski definition) is 1. The standard InChI is InChI=1S/C16H24N2O2S/c1-13-9-10-14-6-2-3-8-16(14)18(13)21(19,20)12-15-7-4-5-11-17-15/h2-3,6,8,13,15,17H,4-5,7,9-12H2,1H3. The topological polar surface area (TPSA) is 49.4 Å². The third-order valence-electron chi connectivity index (χ3n) is 4.58. The summed E-state index contributed by atoms with van der Waals surface area (Å²) >= 11 is 0. The molecule has 0 saturated carbocycles.